The molecule has 0 atom stereocenters. The van der Waals surface area contributed by atoms with Crippen LogP contribution in [0.25, 0.3) is 0 Å². The molecule has 6 heteroatoms. The van der Waals surface area contributed by atoms with Crippen LogP contribution in [0.2, 0.25) is 5.02 Å². The molecule has 0 aliphatic rings. The third kappa shape index (κ3) is 11.4. The van der Waals surface area contributed by atoms with E-state index in [0.717, 1.165) is 18.5 Å². The largest absolute Gasteiger partial charge is 0.370 e. The van der Waals surface area contributed by atoms with E-state index in [1.807, 2.05) is 24.3 Å². The number of benzene rings is 1. The van der Waals surface area contributed by atoms with Crippen molar-refractivity contribution in [3.05, 3.63) is 34.9 Å². The van der Waals surface area contributed by atoms with Gasteiger partial charge in [-0.05, 0) is 24.1 Å². The molecule has 0 unspecified atom stereocenters. The van der Waals surface area contributed by atoms with E-state index in [9.17, 15) is 0 Å². The number of nitrogens with two attached hydrogens (primary N) is 2. The summed E-state index contributed by atoms with van der Waals surface area (Å²) in [7, 11) is 0. The maximum atomic E-state index is 5.85. The maximum absolute atomic E-state index is 5.85. The van der Waals surface area contributed by atoms with E-state index in [4.69, 9.17) is 23.1 Å². The van der Waals surface area contributed by atoms with Crippen LogP contribution in [0.4, 0.5) is 0 Å². The minimum Gasteiger partial charge on any atom is -0.370 e. The second-order valence-electron chi connectivity index (χ2n) is 6.19. The molecular formula is C19H32ClN5. The monoisotopic (exact) mass is 365 g/mol. The smallest absolute Gasteiger partial charge is 0.195 e. The SMILES string of the molecule is CCCCCCCCCCN=C(N)NC(N)=NCc1ccc(Cl)cc1. The summed E-state index contributed by atoms with van der Waals surface area (Å²) in [6.45, 7) is 3.44. The first kappa shape index (κ1) is 21.3. The number of hydrogen-bond acceptors (Lipinski definition) is 2. The molecule has 0 aromatic heterocycles. The summed E-state index contributed by atoms with van der Waals surface area (Å²) in [5.74, 6) is 0.590. The van der Waals surface area contributed by atoms with Gasteiger partial charge < -0.3 is 11.5 Å². The Morgan fingerprint density at radius 3 is 2.08 bits per heavy atom. The molecule has 1 aromatic rings. The molecule has 0 heterocycles. The summed E-state index contributed by atoms with van der Waals surface area (Å²) in [5, 5.41) is 3.52. The summed E-state index contributed by atoms with van der Waals surface area (Å²) >= 11 is 5.85. The molecule has 0 fully saturated rings. The molecule has 0 aliphatic heterocycles. The van der Waals surface area contributed by atoms with Gasteiger partial charge in [0.1, 0.15) is 0 Å². The van der Waals surface area contributed by atoms with Crippen LogP contribution in [0.3, 0.4) is 0 Å². The molecule has 0 radical (unpaired) electrons. The van der Waals surface area contributed by atoms with Crippen LogP contribution in [0.15, 0.2) is 34.3 Å². The third-order valence-electron chi connectivity index (χ3n) is 3.90. The Bertz CT molecular complexity index is 525. The Kier molecular flexibility index (Phi) is 11.5. The molecular weight excluding hydrogens is 334 g/mol. The molecule has 0 bridgehead atoms. The van der Waals surface area contributed by atoms with Gasteiger partial charge in [0.2, 0.25) is 0 Å². The molecule has 0 spiro atoms. The zero-order chi connectivity index (χ0) is 18.3. The van der Waals surface area contributed by atoms with E-state index in [1.165, 1.54) is 44.9 Å². The lowest BCUT2D eigenvalue weighted by molar-refractivity contribution is 0.578. The topological polar surface area (TPSA) is 88.8 Å². The number of hydrogen-bond donors (Lipinski definition) is 3. The Morgan fingerprint density at radius 2 is 1.44 bits per heavy atom. The minimum absolute atomic E-state index is 0.270. The molecule has 5 nitrogen and oxygen atoms in total. The van der Waals surface area contributed by atoms with Crippen molar-refractivity contribution in [1.82, 2.24) is 5.32 Å². The number of aliphatic imine (C=N–C) groups is 2. The zero-order valence-corrected chi connectivity index (χ0v) is 16.1. The third-order valence-corrected chi connectivity index (χ3v) is 4.15. The van der Waals surface area contributed by atoms with Gasteiger partial charge in [-0.1, -0.05) is 75.6 Å². The number of unbranched alkanes of at least 4 members (excludes halogenated alkanes) is 7. The van der Waals surface area contributed by atoms with E-state index >= 15 is 0 Å². The van der Waals surface area contributed by atoms with Gasteiger partial charge in [-0.3, -0.25) is 10.3 Å². The van der Waals surface area contributed by atoms with E-state index in [-0.39, 0.29) is 5.96 Å². The van der Waals surface area contributed by atoms with Gasteiger partial charge in [-0.15, -0.1) is 0 Å². The van der Waals surface area contributed by atoms with Gasteiger partial charge >= 0.3 is 0 Å². The predicted molar refractivity (Wildman–Crippen MR) is 109 cm³/mol. The summed E-state index contributed by atoms with van der Waals surface area (Å²) in [5.41, 5.74) is 12.7. The van der Waals surface area contributed by atoms with Crippen molar-refractivity contribution in [3.63, 3.8) is 0 Å². The highest BCUT2D eigenvalue weighted by atomic mass is 35.5. The minimum atomic E-state index is 0.270. The van der Waals surface area contributed by atoms with Crippen molar-refractivity contribution in [3.8, 4) is 0 Å². The molecule has 0 amide bonds. The van der Waals surface area contributed by atoms with E-state index < -0.39 is 0 Å². The first-order valence-corrected chi connectivity index (χ1v) is 9.61. The number of halogens is 1. The number of rotatable bonds is 11. The first-order valence-electron chi connectivity index (χ1n) is 9.23. The van der Waals surface area contributed by atoms with Crippen molar-refractivity contribution < 1.29 is 0 Å². The average molecular weight is 366 g/mol. The Hall–Kier alpha value is -1.75. The lowest BCUT2D eigenvalue weighted by Crippen LogP contribution is -2.41. The lowest BCUT2D eigenvalue weighted by Gasteiger charge is -2.05. The fourth-order valence-electron chi connectivity index (χ4n) is 2.42. The zero-order valence-electron chi connectivity index (χ0n) is 15.3. The van der Waals surface area contributed by atoms with E-state index in [2.05, 4.69) is 22.2 Å². The van der Waals surface area contributed by atoms with Crippen LogP contribution >= 0.6 is 11.6 Å². The normalized spacial score (nSPS) is 12.4. The summed E-state index contributed by atoms with van der Waals surface area (Å²) in [4.78, 5) is 8.52. The van der Waals surface area contributed by atoms with Gasteiger partial charge in [0, 0.05) is 11.6 Å². The standard InChI is InChI=1S/C19H32ClN5/c1-2-3-4-5-6-7-8-9-14-23-18(21)25-19(22)24-15-16-10-12-17(20)13-11-16/h10-13H,2-9,14-15H2,1H3,(H5,21,22,23,24,25). The van der Waals surface area contributed by atoms with Crippen molar-refractivity contribution in [2.75, 3.05) is 6.54 Å². The molecule has 1 aromatic carbocycles. The number of nitrogens with one attached hydrogen (secondary N) is 1. The van der Waals surface area contributed by atoms with Crippen molar-refractivity contribution in [1.29, 1.82) is 0 Å². The molecule has 0 saturated carbocycles. The molecule has 0 aliphatic carbocycles. The van der Waals surface area contributed by atoms with Crippen LogP contribution < -0.4 is 16.8 Å². The van der Waals surface area contributed by atoms with Crippen molar-refractivity contribution in [2.45, 2.75) is 64.8 Å². The lowest BCUT2D eigenvalue weighted by atomic mass is 10.1. The quantitative estimate of drug-likeness (QED) is 0.312. The Labute approximate surface area is 156 Å². The van der Waals surface area contributed by atoms with Crippen LogP contribution in [0.5, 0.6) is 0 Å². The highest BCUT2D eigenvalue weighted by Gasteiger charge is 1.97. The van der Waals surface area contributed by atoms with E-state index in [0.29, 0.717) is 17.5 Å². The van der Waals surface area contributed by atoms with Gasteiger partial charge in [-0.2, -0.15) is 0 Å². The van der Waals surface area contributed by atoms with Gasteiger partial charge in [0.05, 0.1) is 6.54 Å². The first-order chi connectivity index (χ1) is 12.1. The molecule has 5 N–H and O–H groups in total. The van der Waals surface area contributed by atoms with Gasteiger partial charge in [0.25, 0.3) is 0 Å². The molecule has 1 rings (SSSR count). The Morgan fingerprint density at radius 1 is 0.880 bits per heavy atom. The highest BCUT2D eigenvalue weighted by molar-refractivity contribution is 6.30. The molecule has 0 saturated heterocycles. The van der Waals surface area contributed by atoms with Crippen LogP contribution in [0.1, 0.15) is 63.9 Å². The van der Waals surface area contributed by atoms with Crippen LogP contribution in [0, 0.1) is 0 Å². The van der Waals surface area contributed by atoms with Crippen LogP contribution in [-0.4, -0.2) is 18.5 Å². The fraction of sp³-hybridized carbons (Fsp3) is 0.579. The molecule has 25 heavy (non-hydrogen) atoms. The van der Waals surface area contributed by atoms with Crippen molar-refractivity contribution in [2.24, 2.45) is 21.5 Å². The predicted octanol–water partition coefficient (Wildman–Crippen LogP) is 4.20. The van der Waals surface area contributed by atoms with Gasteiger partial charge in [0.15, 0.2) is 11.9 Å². The van der Waals surface area contributed by atoms with Crippen LogP contribution in [-0.2, 0) is 6.54 Å². The second-order valence-corrected chi connectivity index (χ2v) is 6.63. The molecule has 140 valence electrons. The summed E-state index contributed by atoms with van der Waals surface area (Å²) in [6, 6.07) is 7.49. The Balaban J connectivity index is 2.14. The fourth-order valence-corrected chi connectivity index (χ4v) is 2.55. The van der Waals surface area contributed by atoms with E-state index in [1.54, 1.807) is 0 Å². The summed E-state index contributed by atoms with van der Waals surface area (Å²) < 4.78 is 0. The van der Waals surface area contributed by atoms with Crippen molar-refractivity contribution >= 4 is 23.5 Å². The highest BCUT2D eigenvalue weighted by Crippen LogP contribution is 2.10. The second kappa shape index (κ2) is 13.5. The number of nitrogens with zero attached hydrogens (tertiary/aromatic N) is 2. The van der Waals surface area contributed by atoms with Gasteiger partial charge in [-0.25, -0.2) is 4.99 Å². The summed E-state index contributed by atoms with van der Waals surface area (Å²) in [6.07, 6.45) is 10.2. The maximum Gasteiger partial charge on any atom is 0.195 e. The number of guanidine groups is 2. The average Bonchev–Trinajstić information content (AvgIpc) is 2.60.